The van der Waals surface area contributed by atoms with E-state index in [4.69, 9.17) is 0 Å². The van der Waals surface area contributed by atoms with E-state index in [1.54, 1.807) is 0 Å². The number of aromatic nitrogens is 2. The highest BCUT2D eigenvalue weighted by Crippen LogP contribution is 2.32. The summed E-state index contributed by atoms with van der Waals surface area (Å²) in [7, 11) is 0. The van der Waals surface area contributed by atoms with Crippen LogP contribution in [0.5, 0.6) is 0 Å². The maximum Gasteiger partial charge on any atom is 0.323 e. The van der Waals surface area contributed by atoms with E-state index in [1.807, 2.05) is 6.07 Å². The molecule has 4 nitrogen and oxygen atoms in total. The summed E-state index contributed by atoms with van der Waals surface area (Å²) >= 11 is 0. The minimum absolute atomic E-state index is 0.130. The van der Waals surface area contributed by atoms with Crippen LogP contribution in [0.1, 0.15) is 57.1 Å². The zero-order valence-corrected chi connectivity index (χ0v) is 12.7. The Morgan fingerprint density at radius 1 is 1.19 bits per heavy atom. The molecule has 1 aromatic carbocycles. The monoisotopic (exact) mass is 287 g/mol. The highest BCUT2D eigenvalue weighted by molar-refractivity contribution is 5.75. The first-order chi connectivity index (χ1) is 10.3. The summed E-state index contributed by atoms with van der Waals surface area (Å²) in [6.07, 6.45) is 8.10. The average molecular weight is 287 g/mol. The number of hydrogen-bond donors (Lipinski definition) is 3. The molecule has 1 aliphatic carbocycles. The van der Waals surface area contributed by atoms with Crippen molar-refractivity contribution in [2.24, 2.45) is 5.92 Å². The standard InChI is InChI=1S/C17H25N3O/c1-2-18-15(10-12-6-4-3-5-7-12)13-8-9-14-16(11-13)20-17(21)19-14/h8-9,11-12,15,18H,2-7,10H2,1H3,(H2,19,20,21). The Morgan fingerprint density at radius 2 is 1.95 bits per heavy atom. The summed E-state index contributed by atoms with van der Waals surface area (Å²) in [6.45, 7) is 3.13. The quantitative estimate of drug-likeness (QED) is 0.788. The third kappa shape index (κ3) is 3.38. The van der Waals surface area contributed by atoms with Gasteiger partial charge in [-0.2, -0.15) is 0 Å². The maximum atomic E-state index is 11.4. The van der Waals surface area contributed by atoms with Crippen molar-refractivity contribution in [3.8, 4) is 0 Å². The molecule has 3 rings (SSSR count). The van der Waals surface area contributed by atoms with Gasteiger partial charge >= 0.3 is 5.69 Å². The first-order valence-electron chi connectivity index (χ1n) is 8.21. The summed E-state index contributed by atoms with van der Waals surface area (Å²) in [5.74, 6) is 0.837. The van der Waals surface area contributed by atoms with Crippen LogP contribution in [0, 0.1) is 5.92 Å². The van der Waals surface area contributed by atoms with Gasteiger partial charge in [-0.15, -0.1) is 0 Å². The van der Waals surface area contributed by atoms with E-state index >= 15 is 0 Å². The fourth-order valence-electron chi connectivity index (χ4n) is 3.61. The van der Waals surface area contributed by atoms with Crippen LogP contribution >= 0.6 is 0 Å². The zero-order chi connectivity index (χ0) is 14.7. The third-order valence-electron chi connectivity index (χ3n) is 4.69. The van der Waals surface area contributed by atoms with E-state index < -0.39 is 0 Å². The molecule has 0 radical (unpaired) electrons. The number of nitrogens with one attached hydrogen (secondary N) is 3. The second kappa shape index (κ2) is 6.48. The lowest BCUT2D eigenvalue weighted by Gasteiger charge is -2.27. The van der Waals surface area contributed by atoms with E-state index in [9.17, 15) is 4.79 Å². The summed E-state index contributed by atoms with van der Waals surface area (Å²) in [5, 5.41) is 3.62. The second-order valence-electron chi connectivity index (χ2n) is 6.23. The lowest BCUT2D eigenvalue weighted by atomic mass is 9.83. The smallest absolute Gasteiger partial charge is 0.310 e. The summed E-state index contributed by atoms with van der Waals surface area (Å²) < 4.78 is 0. The van der Waals surface area contributed by atoms with E-state index in [2.05, 4.69) is 34.3 Å². The van der Waals surface area contributed by atoms with Gasteiger partial charge in [0.05, 0.1) is 11.0 Å². The molecule has 0 saturated heterocycles. The van der Waals surface area contributed by atoms with Gasteiger partial charge in [0.25, 0.3) is 0 Å². The number of H-pyrrole nitrogens is 2. The molecule has 0 amide bonds. The Morgan fingerprint density at radius 3 is 2.71 bits per heavy atom. The van der Waals surface area contributed by atoms with E-state index in [-0.39, 0.29) is 5.69 Å². The van der Waals surface area contributed by atoms with Crippen molar-refractivity contribution >= 4 is 11.0 Å². The van der Waals surface area contributed by atoms with Crippen molar-refractivity contribution in [1.82, 2.24) is 15.3 Å². The summed E-state index contributed by atoms with van der Waals surface area (Å²) in [6, 6.07) is 6.65. The molecule has 1 aliphatic rings. The molecule has 21 heavy (non-hydrogen) atoms. The lowest BCUT2D eigenvalue weighted by molar-refractivity contribution is 0.301. The van der Waals surface area contributed by atoms with Gasteiger partial charge in [0.1, 0.15) is 0 Å². The minimum Gasteiger partial charge on any atom is -0.310 e. The fourth-order valence-corrected chi connectivity index (χ4v) is 3.61. The zero-order valence-electron chi connectivity index (χ0n) is 12.7. The molecule has 4 heteroatoms. The van der Waals surface area contributed by atoms with Crippen LogP contribution in [0.25, 0.3) is 11.0 Å². The molecule has 1 atom stereocenters. The van der Waals surface area contributed by atoms with Gasteiger partial charge in [0.2, 0.25) is 0 Å². The highest BCUT2D eigenvalue weighted by Gasteiger charge is 2.20. The van der Waals surface area contributed by atoms with Crippen molar-refractivity contribution in [1.29, 1.82) is 0 Å². The van der Waals surface area contributed by atoms with Crippen molar-refractivity contribution in [3.63, 3.8) is 0 Å². The largest absolute Gasteiger partial charge is 0.323 e. The van der Waals surface area contributed by atoms with Crippen molar-refractivity contribution < 1.29 is 0 Å². The Labute approximate surface area is 125 Å². The molecule has 3 N–H and O–H groups in total. The van der Waals surface area contributed by atoms with E-state index in [1.165, 1.54) is 44.1 Å². The van der Waals surface area contributed by atoms with Crippen LogP contribution in [-0.4, -0.2) is 16.5 Å². The van der Waals surface area contributed by atoms with Gasteiger partial charge in [-0.25, -0.2) is 4.79 Å². The first kappa shape index (κ1) is 14.4. The SMILES string of the molecule is CCNC(CC1CCCCC1)c1ccc2[nH]c(=O)[nH]c2c1. The number of hydrogen-bond acceptors (Lipinski definition) is 2. The second-order valence-corrected chi connectivity index (χ2v) is 6.23. The number of aromatic amines is 2. The summed E-state index contributed by atoms with van der Waals surface area (Å²) in [4.78, 5) is 17.1. The predicted octanol–water partition coefficient (Wildman–Crippen LogP) is 3.48. The van der Waals surface area contributed by atoms with Crippen LogP contribution in [-0.2, 0) is 0 Å². The van der Waals surface area contributed by atoms with Gasteiger partial charge in [-0.1, -0.05) is 45.1 Å². The predicted molar refractivity (Wildman–Crippen MR) is 86.5 cm³/mol. The normalized spacial score (nSPS) is 18.1. The molecule has 2 aromatic rings. The first-order valence-corrected chi connectivity index (χ1v) is 8.21. The van der Waals surface area contributed by atoms with Crippen LogP contribution in [0.3, 0.4) is 0 Å². The highest BCUT2D eigenvalue weighted by atomic mass is 16.1. The number of fused-ring (bicyclic) bond motifs is 1. The summed E-state index contributed by atoms with van der Waals surface area (Å²) in [5.41, 5.74) is 2.94. The number of benzene rings is 1. The molecule has 0 aliphatic heterocycles. The molecule has 1 heterocycles. The van der Waals surface area contributed by atoms with Crippen LogP contribution < -0.4 is 11.0 Å². The molecule has 114 valence electrons. The molecule has 0 bridgehead atoms. The molecule has 1 unspecified atom stereocenters. The number of imidazole rings is 1. The number of rotatable bonds is 5. The Bertz CT molecular complexity index is 637. The molecule has 0 spiro atoms. The maximum absolute atomic E-state index is 11.4. The van der Waals surface area contributed by atoms with Gasteiger partial charge in [-0.05, 0) is 36.6 Å². The van der Waals surface area contributed by atoms with Crippen molar-refractivity contribution in [2.75, 3.05) is 6.54 Å². The van der Waals surface area contributed by atoms with Crippen LogP contribution in [0.2, 0.25) is 0 Å². The molecular formula is C17H25N3O. The van der Waals surface area contributed by atoms with Gasteiger partial charge in [0, 0.05) is 6.04 Å². The Hall–Kier alpha value is -1.55. The van der Waals surface area contributed by atoms with Gasteiger partial charge in [-0.3, -0.25) is 0 Å². The molecular weight excluding hydrogens is 262 g/mol. The van der Waals surface area contributed by atoms with E-state index in [0.29, 0.717) is 6.04 Å². The van der Waals surface area contributed by atoms with Gasteiger partial charge < -0.3 is 15.3 Å². The minimum atomic E-state index is -0.130. The van der Waals surface area contributed by atoms with Crippen LogP contribution in [0.4, 0.5) is 0 Å². The van der Waals surface area contributed by atoms with Crippen molar-refractivity contribution in [3.05, 3.63) is 34.2 Å². The average Bonchev–Trinajstić information content (AvgIpc) is 2.87. The van der Waals surface area contributed by atoms with Crippen molar-refractivity contribution in [2.45, 2.75) is 51.5 Å². The molecule has 1 fully saturated rings. The Balaban J connectivity index is 1.81. The van der Waals surface area contributed by atoms with Gasteiger partial charge in [0.15, 0.2) is 0 Å². The fraction of sp³-hybridized carbons (Fsp3) is 0.588. The molecule has 1 saturated carbocycles. The van der Waals surface area contributed by atoms with E-state index in [0.717, 1.165) is 23.5 Å². The topological polar surface area (TPSA) is 60.7 Å². The third-order valence-corrected chi connectivity index (χ3v) is 4.69. The molecule has 1 aromatic heterocycles. The lowest BCUT2D eigenvalue weighted by Crippen LogP contribution is -2.24. The Kier molecular flexibility index (Phi) is 4.44. The van der Waals surface area contributed by atoms with Crippen LogP contribution in [0.15, 0.2) is 23.0 Å².